The van der Waals surface area contributed by atoms with Crippen molar-refractivity contribution in [2.45, 2.75) is 25.4 Å². The van der Waals surface area contributed by atoms with Crippen LogP contribution in [-0.2, 0) is 0 Å². The number of benzene rings is 2. The summed E-state index contributed by atoms with van der Waals surface area (Å²) in [4.78, 5) is 26.4. The van der Waals surface area contributed by atoms with Crippen molar-refractivity contribution >= 4 is 17.6 Å². The van der Waals surface area contributed by atoms with Crippen molar-refractivity contribution in [2.24, 2.45) is 0 Å². The highest BCUT2D eigenvalue weighted by atomic mass is 16.5. The number of nitrogens with zero attached hydrogens (tertiary/aromatic N) is 1. The third-order valence-electron chi connectivity index (χ3n) is 5.16. The monoisotopic (exact) mass is 467 g/mol. The molecule has 2 aromatic rings. The van der Waals surface area contributed by atoms with Gasteiger partial charge in [-0.05, 0) is 56.2 Å². The molecule has 0 atom stereocenters. The second-order valence-corrected chi connectivity index (χ2v) is 8.26. The lowest BCUT2D eigenvalue weighted by Crippen LogP contribution is -2.49. The maximum atomic E-state index is 12.8. The van der Waals surface area contributed by atoms with Crippen LogP contribution in [0.5, 0.6) is 17.2 Å². The Kier molecular flexibility index (Phi) is 7.91. The lowest BCUT2D eigenvalue weighted by molar-refractivity contribution is -0.115. The number of rotatable bonds is 10. The first-order valence-corrected chi connectivity index (χ1v) is 11.0. The molecule has 2 aromatic carbocycles. The van der Waals surface area contributed by atoms with Crippen LogP contribution < -0.4 is 25.5 Å². The number of nitrogens with two attached hydrogens (primary N) is 1. The van der Waals surface area contributed by atoms with E-state index < -0.39 is 11.5 Å². The third-order valence-corrected chi connectivity index (χ3v) is 5.16. The van der Waals surface area contributed by atoms with Gasteiger partial charge in [-0.3, -0.25) is 10.2 Å². The highest BCUT2D eigenvalue weighted by Crippen LogP contribution is 2.41. The largest absolute Gasteiger partial charge is 0.485 e. The molecule has 1 fully saturated rings. The van der Waals surface area contributed by atoms with Crippen LogP contribution in [0, 0.1) is 0 Å². The normalized spacial score (nSPS) is 13.8. The van der Waals surface area contributed by atoms with Gasteiger partial charge in [0.25, 0.3) is 11.7 Å². The van der Waals surface area contributed by atoms with Crippen molar-refractivity contribution < 1.29 is 29.6 Å². The molecule has 0 unspecified atom stereocenters. The molecule has 9 heteroatoms. The molecular formula is C25H31N4O5+. The van der Waals surface area contributed by atoms with Gasteiger partial charge in [-0.15, -0.1) is 0 Å². The minimum atomic E-state index is -0.625. The lowest BCUT2D eigenvalue weighted by Gasteiger charge is -2.17. The Bertz CT molecular complexity index is 1080. The molecule has 1 aliphatic rings. The van der Waals surface area contributed by atoms with Crippen molar-refractivity contribution in [3.63, 3.8) is 0 Å². The first kappa shape index (κ1) is 24.8. The summed E-state index contributed by atoms with van der Waals surface area (Å²) < 4.78 is 11.9. The number of hydrogen-bond acceptors (Lipinski definition) is 6. The van der Waals surface area contributed by atoms with E-state index in [9.17, 15) is 14.7 Å². The summed E-state index contributed by atoms with van der Waals surface area (Å²) >= 11 is 0. The molecule has 5 N–H and O–H groups in total. The van der Waals surface area contributed by atoms with E-state index in [1.54, 1.807) is 68.8 Å². The fraction of sp³-hybridized carbons (Fsp3) is 0.320. The Morgan fingerprint density at radius 3 is 2.35 bits per heavy atom. The number of aliphatic hydroxyl groups excluding tert-OH is 1. The smallest absolute Gasteiger partial charge is 0.339 e. The van der Waals surface area contributed by atoms with Crippen molar-refractivity contribution in [1.29, 1.82) is 0 Å². The van der Waals surface area contributed by atoms with E-state index in [1.807, 2.05) is 6.92 Å². The van der Waals surface area contributed by atoms with Gasteiger partial charge in [-0.1, -0.05) is 0 Å². The summed E-state index contributed by atoms with van der Waals surface area (Å²) in [5, 5.41) is 21.1. The lowest BCUT2D eigenvalue weighted by atomic mass is 10.1. The van der Waals surface area contributed by atoms with Crippen molar-refractivity contribution in [3.8, 4) is 17.2 Å². The van der Waals surface area contributed by atoms with Gasteiger partial charge in [-0.2, -0.15) is 0 Å². The standard InChI is InChI=1S/C25H30N4O5/c1-4-27-12-9-22(26)28-23(31)18-13-20(15-21(14-18)34-25(16-30)10-11-25)33-19-7-5-17(6-8-19)24(32)29(2)3/h5-9,12-15,27,30H,4,10-11,16H2,1-3H3,(H2,26,28,31)/p+1/b12-9-. The zero-order valence-corrected chi connectivity index (χ0v) is 19.6. The molecule has 0 aromatic heterocycles. The van der Waals surface area contributed by atoms with Gasteiger partial charge in [0.15, 0.2) is 0 Å². The van der Waals surface area contributed by atoms with Crippen LogP contribution in [0.1, 0.15) is 40.5 Å². The highest BCUT2D eigenvalue weighted by Gasteiger charge is 2.45. The molecule has 1 aliphatic carbocycles. The SMILES string of the molecule is CCN/C=C\C(=[NH2+])NC(=O)c1cc(Oc2ccc(C(=O)N(C)C)cc2)cc(OC2(CO)CC2)c1. The van der Waals surface area contributed by atoms with Crippen LogP contribution >= 0.6 is 0 Å². The average Bonchev–Trinajstić information content (AvgIpc) is 3.58. The number of nitrogens with one attached hydrogen (secondary N) is 2. The Morgan fingerprint density at radius 1 is 1.09 bits per heavy atom. The number of carbonyl (C=O) groups is 2. The van der Waals surface area contributed by atoms with Crippen LogP contribution in [0.25, 0.3) is 0 Å². The van der Waals surface area contributed by atoms with Crippen LogP contribution in [0.4, 0.5) is 0 Å². The van der Waals surface area contributed by atoms with E-state index in [4.69, 9.17) is 14.9 Å². The van der Waals surface area contributed by atoms with Crippen molar-refractivity contribution in [3.05, 3.63) is 65.9 Å². The molecule has 34 heavy (non-hydrogen) atoms. The predicted molar refractivity (Wildman–Crippen MR) is 128 cm³/mol. The number of carbonyl (C=O) groups excluding carboxylic acids is 2. The predicted octanol–water partition coefficient (Wildman–Crippen LogP) is 1.10. The summed E-state index contributed by atoms with van der Waals surface area (Å²) in [5.41, 5.74) is 0.186. The van der Waals surface area contributed by atoms with Gasteiger partial charge in [0, 0.05) is 44.5 Å². The minimum absolute atomic E-state index is 0.114. The van der Waals surface area contributed by atoms with Crippen LogP contribution in [-0.4, -0.2) is 60.5 Å². The third kappa shape index (κ3) is 6.58. The molecule has 0 aliphatic heterocycles. The summed E-state index contributed by atoms with van der Waals surface area (Å²) in [6.07, 6.45) is 4.66. The molecule has 0 heterocycles. The van der Waals surface area contributed by atoms with Crippen LogP contribution in [0.3, 0.4) is 0 Å². The highest BCUT2D eigenvalue weighted by molar-refractivity contribution is 6.08. The second kappa shape index (κ2) is 10.8. The molecular weight excluding hydrogens is 436 g/mol. The molecule has 2 amide bonds. The van der Waals surface area contributed by atoms with Gasteiger partial charge in [-0.25, -0.2) is 10.1 Å². The van der Waals surface area contributed by atoms with Crippen LogP contribution in [0.15, 0.2) is 54.7 Å². The minimum Gasteiger partial charge on any atom is -0.485 e. The molecule has 0 spiro atoms. The molecule has 180 valence electrons. The van der Waals surface area contributed by atoms with Crippen molar-refractivity contribution in [2.75, 3.05) is 27.2 Å². The zero-order valence-electron chi connectivity index (χ0n) is 19.6. The number of ether oxygens (including phenoxy) is 2. The summed E-state index contributed by atoms with van der Waals surface area (Å²) in [5.74, 6) is 0.878. The van der Waals surface area contributed by atoms with Gasteiger partial charge in [0.2, 0.25) is 0 Å². The van der Waals surface area contributed by atoms with E-state index in [-0.39, 0.29) is 23.9 Å². The summed E-state index contributed by atoms with van der Waals surface area (Å²) in [6.45, 7) is 2.56. The fourth-order valence-electron chi connectivity index (χ4n) is 3.07. The van der Waals surface area contributed by atoms with Gasteiger partial charge >= 0.3 is 5.91 Å². The first-order chi connectivity index (χ1) is 16.2. The zero-order chi connectivity index (χ0) is 24.7. The topological polar surface area (TPSA) is 126 Å². The van der Waals surface area contributed by atoms with E-state index in [1.165, 1.54) is 4.90 Å². The Morgan fingerprint density at radius 2 is 1.76 bits per heavy atom. The number of hydrogen-bond donors (Lipinski definition) is 4. The van der Waals surface area contributed by atoms with Crippen molar-refractivity contribution in [1.82, 2.24) is 15.5 Å². The molecule has 1 saturated carbocycles. The molecule has 0 saturated heterocycles. The summed E-state index contributed by atoms with van der Waals surface area (Å²) in [7, 11) is 3.37. The maximum absolute atomic E-state index is 12.8. The number of amides is 2. The molecule has 0 bridgehead atoms. The van der Waals surface area contributed by atoms with Gasteiger partial charge < -0.3 is 24.8 Å². The molecule has 9 nitrogen and oxygen atoms in total. The van der Waals surface area contributed by atoms with Gasteiger partial charge in [0.05, 0.1) is 12.2 Å². The van der Waals surface area contributed by atoms with E-state index in [2.05, 4.69) is 10.6 Å². The Labute approximate surface area is 198 Å². The maximum Gasteiger partial charge on any atom is 0.339 e. The Balaban J connectivity index is 1.82. The fourth-order valence-corrected chi connectivity index (χ4v) is 3.07. The second-order valence-electron chi connectivity index (χ2n) is 8.26. The van der Waals surface area contributed by atoms with E-state index in [0.29, 0.717) is 22.8 Å². The quantitative estimate of drug-likeness (QED) is 0.306. The van der Waals surface area contributed by atoms with Crippen LogP contribution in [0.2, 0.25) is 0 Å². The first-order valence-electron chi connectivity index (χ1n) is 11.0. The molecule has 3 rings (SSSR count). The average molecular weight is 468 g/mol. The van der Waals surface area contributed by atoms with Gasteiger partial charge in [0.1, 0.15) is 22.8 Å². The Hall–Kier alpha value is -3.85. The van der Waals surface area contributed by atoms with E-state index in [0.717, 1.165) is 19.4 Å². The summed E-state index contributed by atoms with van der Waals surface area (Å²) in [6, 6.07) is 11.5. The molecule has 0 radical (unpaired) electrons. The number of aliphatic hydroxyl groups is 1. The van der Waals surface area contributed by atoms with E-state index >= 15 is 0 Å². The number of amidine groups is 1.